The van der Waals surface area contributed by atoms with Crippen molar-refractivity contribution < 1.29 is 9.53 Å². The van der Waals surface area contributed by atoms with E-state index in [2.05, 4.69) is 11.8 Å². The summed E-state index contributed by atoms with van der Waals surface area (Å²) in [6.07, 6.45) is 5.03. The summed E-state index contributed by atoms with van der Waals surface area (Å²) >= 11 is 0. The Morgan fingerprint density at radius 1 is 1.38 bits per heavy atom. The quantitative estimate of drug-likeness (QED) is 0.689. The molecule has 0 aromatic rings. The van der Waals surface area contributed by atoms with E-state index in [9.17, 15) is 4.79 Å². The fourth-order valence-electron chi connectivity index (χ4n) is 2.48. The highest BCUT2D eigenvalue weighted by Crippen LogP contribution is 2.27. The Morgan fingerprint density at radius 2 is 2.19 bits per heavy atom. The topological polar surface area (TPSA) is 29.5 Å². The van der Waals surface area contributed by atoms with E-state index in [0.29, 0.717) is 18.9 Å². The van der Waals surface area contributed by atoms with Crippen LogP contribution in [-0.4, -0.2) is 43.5 Å². The molecule has 1 atom stereocenters. The van der Waals surface area contributed by atoms with Gasteiger partial charge >= 0.3 is 0 Å². The fourth-order valence-corrected chi connectivity index (χ4v) is 2.48. The van der Waals surface area contributed by atoms with Crippen LogP contribution in [0.4, 0.5) is 0 Å². The molecule has 0 bridgehead atoms. The molecule has 3 heteroatoms. The SMILES string of the molecule is CCN(CC(=O)C1CCOC1)CC1CCC1. The van der Waals surface area contributed by atoms with Gasteiger partial charge in [-0.3, -0.25) is 9.69 Å². The number of carbonyl (C=O) groups excluding carboxylic acids is 1. The minimum atomic E-state index is 0.176. The van der Waals surface area contributed by atoms with Gasteiger partial charge in [-0.05, 0) is 31.7 Å². The lowest BCUT2D eigenvalue weighted by Gasteiger charge is -2.31. The van der Waals surface area contributed by atoms with Gasteiger partial charge in [-0.2, -0.15) is 0 Å². The van der Waals surface area contributed by atoms with Crippen LogP contribution in [0.1, 0.15) is 32.6 Å². The second-order valence-electron chi connectivity index (χ2n) is 5.15. The number of ether oxygens (including phenoxy) is 1. The first-order chi connectivity index (χ1) is 7.79. The van der Waals surface area contributed by atoms with E-state index in [1.807, 2.05) is 0 Å². The van der Waals surface area contributed by atoms with Gasteiger partial charge < -0.3 is 4.74 Å². The van der Waals surface area contributed by atoms with E-state index in [-0.39, 0.29) is 5.92 Å². The fraction of sp³-hybridized carbons (Fsp3) is 0.923. The van der Waals surface area contributed by atoms with E-state index in [4.69, 9.17) is 4.74 Å². The number of hydrogen-bond acceptors (Lipinski definition) is 3. The molecule has 92 valence electrons. The van der Waals surface area contributed by atoms with Crippen molar-refractivity contribution in [1.82, 2.24) is 4.90 Å². The molecule has 0 spiro atoms. The molecule has 0 aromatic carbocycles. The van der Waals surface area contributed by atoms with Gasteiger partial charge in [0.15, 0.2) is 5.78 Å². The zero-order chi connectivity index (χ0) is 11.4. The molecule has 2 aliphatic rings. The molecular weight excluding hydrogens is 202 g/mol. The third-order valence-corrected chi connectivity index (χ3v) is 3.95. The number of rotatable bonds is 6. The Balaban J connectivity index is 1.73. The lowest BCUT2D eigenvalue weighted by atomic mass is 9.85. The van der Waals surface area contributed by atoms with Crippen LogP contribution in [0.15, 0.2) is 0 Å². The molecule has 0 N–H and O–H groups in total. The number of Topliss-reactive ketones (excluding diaryl/α,β-unsaturated/α-hetero) is 1. The minimum Gasteiger partial charge on any atom is -0.381 e. The second kappa shape index (κ2) is 5.78. The maximum Gasteiger partial charge on any atom is 0.152 e. The van der Waals surface area contributed by atoms with Crippen molar-refractivity contribution >= 4 is 5.78 Å². The molecule has 1 saturated carbocycles. The molecule has 3 nitrogen and oxygen atoms in total. The minimum absolute atomic E-state index is 0.176. The molecule has 0 aromatic heterocycles. The highest BCUT2D eigenvalue weighted by atomic mass is 16.5. The van der Waals surface area contributed by atoms with Gasteiger partial charge in [-0.25, -0.2) is 0 Å². The van der Waals surface area contributed by atoms with Gasteiger partial charge in [0.1, 0.15) is 0 Å². The number of ketones is 1. The summed E-state index contributed by atoms with van der Waals surface area (Å²) in [6.45, 7) is 6.33. The van der Waals surface area contributed by atoms with Crippen molar-refractivity contribution in [3.05, 3.63) is 0 Å². The molecule has 2 rings (SSSR count). The molecule has 1 aliphatic carbocycles. The maximum absolute atomic E-state index is 12.0. The van der Waals surface area contributed by atoms with Crippen LogP contribution in [0.2, 0.25) is 0 Å². The molecule has 1 heterocycles. The van der Waals surface area contributed by atoms with Crippen LogP contribution in [0.25, 0.3) is 0 Å². The van der Waals surface area contributed by atoms with Crippen molar-refractivity contribution in [2.75, 3.05) is 32.8 Å². The Morgan fingerprint density at radius 3 is 2.69 bits per heavy atom. The Kier molecular flexibility index (Phi) is 4.36. The summed E-state index contributed by atoms with van der Waals surface area (Å²) < 4.78 is 5.27. The highest BCUT2D eigenvalue weighted by Gasteiger charge is 2.26. The van der Waals surface area contributed by atoms with E-state index < -0.39 is 0 Å². The number of carbonyl (C=O) groups is 1. The van der Waals surface area contributed by atoms with Gasteiger partial charge in [0, 0.05) is 19.1 Å². The first-order valence-corrected chi connectivity index (χ1v) is 6.62. The van der Waals surface area contributed by atoms with Crippen molar-refractivity contribution in [2.24, 2.45) is 11.8 Å². The molecule has 1 saturated heterocycles. The van der Waals surface area contributed by atoms with Crippen LogP contribution in [0, 0.1) is 11.8 Å². The largest absolute Gasteiger partial charge is 0.381 e. The van der Waals surface area contributed by atoms with E-state index in [1.54, 1.807) is 0 Å². The van der Waals surface area contributed by atoms with Gasteiger partial charge in [0.25, 0.3) is 0 Å². The van der Waals surface area contributed by atoms with Gasteiger partial charge in [0.2, 0.25) is 0 Å². The maximum atomic E-state index is 12.0. The summed E-state index contributed by atoms with van der Waals surface area (Å²) in [7, 11) is 0. The molecule has 1 aliphatic heterocycles. The number of likely N-dealkylation sites (N-methyl/N-ethyl adjacent to an activating group) is 1. The molecular formula is C13H23NO2. The zero-order valence-electron chi connectivity index (χ0n) is 10.3. The lowest BCUT2D eigenvalue weighted by molar-refractivity contribution is -0.124. The van der Waals surface area contributed by atoms with Crippen molar-refractivity contribution in [2.45, 2.75) is 32.6 Å². The summed E-state index contributed by atoms with van der Waals surface area (Å²) in [5, 5.41) is 0. The van der Waals surface area contributed by atoms with Crippen LogP contribution < -0.4 is 0 Å². The summed E-state index contributed by atoms with van der Waals surface area (Å²) in [4.78, 5) is 14.3. The predicted octanol–water partition coefficient (Wildman–Crippen LogP) is 1.71. The van der Waals surface area contributed by atoms with E-state index >= 15 is 0 Å². The summed E-state index contributed by atoms with van der Waals surface area (Å²) in [5.74, 6) is 1.42. The van der Waals surface area contributed by atoms with Crippen LogP contribution in [0.3, 0.4) is 0 Å². The Bertz CT molecular complexity index is 232. The van der Waals surface area contributed by atoms with Crippen molar-refractivity contribution in [1.29, 1.82) is 0 Å². The first-order valence-electron chi connectivity index (χ1n) is 6.62. The van der Waals surface area contributed by atoms with Crippen LogP contribution in [0.5, 0.6) is 0 Å². The van der Waals surface area contributed by atoms with Gasteiger partial charge in [-0.1, -0.05) is 13.3 Å². The normalized spacial score (nSPS) is 26.0. The smallest absolute Gasteiger partial charge is 0.152 e. The summed E-state index contributed by atoms with van der Waals surface area (Å²) in [5.41, 5.74) is 0. The van der Waals surface area contributed by atoms with E-state index in [0.717, 1.165) is 32.0 Å². The molecule has 2 fully saturated rings. The lowest BCUT2D eigenvalue weighted by Crippen LogP contribution is -2.38. The summed E-state index contributed by atoms with van der Waals surface area (Å²) in [6, 6.07) is 0. The molecule has 16 heavy (non-hydrogen) atoms. The van der Waals surface area contributed by atoms with Crippen molar-refractivity contribution in [3.8, 4) is 0 Å². The van der Waals surface area contributed by atoms with E-state index in [1.165, 1.54) is 19.3 Å². The predicted molar refractivity (Wildman–Crippen MR) is 63.4 cm³/mol. The Hall–Kier alpha value is -0.410. The average Bonchev–Trinajstić information content (AvgIpc) is 2.74. The third kappa shape index (κ3) is 3.05. The second-order valence-corrected chi connectivity index (χ2v) is 5.15. The number of nitrogens with zero attached hydrogens (tertiary/aromatic N) is 1. The molecule has 0 amide bonds. The zero-order valence-corrected chi connectivity index (χ0v) is 10.3. The van der Waals surface area contributed by atoms with Crippen LogP contribution >= 0.6 is 0 Å². The molecule has 0 radical (unpaired) electrons. The van der Waals surface area contributed by atoms with Gasteiger partial charge in [-0.15, -0.1) is 0 Å². The Labute approximate surface area is 98.1 Å². The highest BCUT2D eigenvalue weighted by molar-refractivity contribution is 5.83. The standard InChI is InChI=1S/C13H23NO2/c1-2-14(8-11-4-3-5-11)9-13(15)12-6-7-16-10-12/h11-12H,2-10H2,1H3. The average molecular weight is 225 g/mol. The first kappa shape index (κ1) is 12.1. The number of hydrogen-bond donors (Lipinski definition) is 0. The molecule has 1 unspecified atom stereocenters. The van der Waals surface area contributed by atoms with Crippen molar-refractivity contribution in [3.63, 3.8) is 0 Å². The monoisotopic (exact) mass is 225 g/mol. The third-order valence-electron chi connectivity index (χ3n) is 3.95. The van der Waals surface area contributed by atoms with Gasteiger partial charge in [0.05, 0.1) is 13.2 Å². The van der Waals surface area contributed by atoms with Crippen LogP contribution in [-0.2, 0) is 9.53 Å².